The summed E-state index contributed by atoms with van der Waals surface area (Å²) >= 11 is 12.1. The molecule has 0 saturated heterocycles. The number of ether oxygens (including phenoxy) is 2. The number of carbonyl (C=O) groups is 1. The van der Waals surface area contributed by atoms with Gasteiger partial charge in [0.15, 0.2) is 0 Å². The Kier molecular flexibility index (Phi) is 5.90. The highest BCUT2D eigenvalue weighted by Crippen LogP contribution is 2.29. The first-order valence-electron chi connectivity index (χ1n) is 6.70. The maximum Gasteiger partial charge on any atom is 0.248 e. The second kappa shape index (κ2) is 7.90. The number of amides is 1. The maximum atomic E-state index is 12.1. The third-order valence-electron chi connectivity index (χ3n) is 3.07. The fraction of sp³-hybridized carbons (Fsp3) is 0.118. The Morgan fingerprint density at radius 2 is 1.78 bits per heavy atom. The maximum absolute atomic E-state index is 12.1. The van der Waals surface area contributed by atoms with E-state index >= 15 is 0 Å². The quantitative estimate of drug-likeness (QED) is 0.796. The van der Waals surface area contributed by atoms with Gasteiger partial charge >= 0.3 is 0 Å². The zero-order chi connectivity index (χ0) is 16.8. The van der Waals surface area contributed by atoms with Gasteiger partial charge in [-0.05, 0) is 30.3 Å². The lowest BCUT2D eigenvalue weighted by Crippen LogP contribution is -2.09. The molecule has 4 nitrogen and oxygen atoms in total. The molecule has 0 aliphatic heterocycles. The molecule has 0 atom stereocenters. The molecule has 0 aromatic heterocycles. The summed E-state index contributed by atoms with van der Waals surface area (Å²) in [5.74, 6) is 0.801. The summed E-state index contributed by atoms with van der Waals surface area (Å²) in [6, 6.07) is 10.3. The highest BCUT2D eigenvalue weighted by molar-refractivity contribution is 6.37. The van der Waals surface area contributed by atoms with Crippen molar-refractivity contribution < 1.29 is 14.3 Å². The molecule has 0 fully saturated rings. The highest BCUT2D eigenvalue weighted by Gasteiger charge is 2.08. The predicted octanol–water partition coefficient (Wildman–Crippen LogP) is 4.66. The van der Waals surface area contributed by atoms with Crippen molar-refractivity contribution in [3.63, 3.8) is 0 Å². The van der Waals surface area contributed by atoms with Crippen LogP contribution in [0, 0.1) is 0 Å². The van der Waals surface area contributed by atoms with Crippen molar-refractivity contribution in [2.24, 2.45) is 0 Å². The van der Waals surface area contributed by atoms with Crippen LogP contribution in [-0.2, 0) is 4.79 Å². The first-order chi connectivity index (χ1) is 11.0. The van der Waals surface area contributed by atoms with E-state index in [-0.39, 0.29) is 5.91 Å². The number of hydrogen-bond acceptors (Lipinski definition) is 3. The van der Waals surface area contributed by atoms with Gasteiger partial charge in [-0.25, -0.2) is 0 Å². The first kappa shape index (κ1) is 17.2. The standard InChI is InChI=1S/C17H15Cl2NO3/c1-22-11-6-8-16(23-2)15(10-11)20-17(21)9-7-12-13(18)4-3-5-14(12)19/h3-10H,1-2H3,(H,20,21). The Balaban J connectivity index is 2.18. The van der Waals surface area contributed by atoms with Crippen LogP contribution in [0.5, 0.6) is 11.5 Å². The molecule has 0 aliphatic rings. The number of rotatable bonds is 5. The molecule has 2 aromatic carbocycles. The normalized spacial score (nSPS) is 10.6. The Hall–Kier alpha value is -2.17. The van der Waals surface area contributed by atoms with Crippen LogP contribution in [0.4, 0.5) is 5.69 Å². The average molecular weight is 352 g/mol. The van der Waals surface area contributed by atoms with Gasteiger partial charge in [-0.15, -0.1) is 0 Å². The number of anilines is 1. The van der Waals surface area contributed by atoms with E-state index < -0.39 is 0 Å². The predicted molar refractivity (Wildman–Crippen MR) is 93.7 cm³/mol. The topological polar surface area (TPSA) is 47.6 Å². The lowest BCUT2D eigenvalue weighted by Gasteiger charge is -2.10. The third-order valence-corrected chi connectivity index (χ3v) is 3.72. The van der Waals surface area contributed by atoms with Gasteiger partial charge in [-0.3, -0.25) is 4.79 Å². The van der Waals surface area contributed by atoms with Crippen molar-refractivity contribution in [3.05, 3.63) is 58.1 Å². The van der Waals surface area contributed by atoms with E-state index in [9.17, 15) is 4.79 Å². The summed E-state index contributed by atoms with van der Waals surface area (Å²) in [5, 5.41) is 3.67. The molecule has 0 saturated carbocycles. The summed E-state index contributed by atoms with van der Waals surface area (Å²) in [5.41, 5.74) is 1.09. The fourth-order valence-corrected chi connectivity index (χ4v) is 2.44. The van der Waals surface area contributed by atoms with Gasteiger partial charge in [0.2, 0.25) is 5.91 Å². The molecule has 0 radical (unpaired) electrons. The van der Waals surface area contributed by atoms with Crippen LogP contribution in [-0.4, -0.2) is 20.1 Å². The van der Waals surface area contributed by atoms with E-state index in [1.165, 1.54) is 13.2 Å². The van der Waals surface area contributed by atoms with Gasteiger partial charge in [0.25, 0.3) is 0 Å². The first-order valence-corrected chi connectivity index (χ1v) is 7.46. The number of benzene rings is 2. The number of nitrogens with one attached hydrogen (secondary N) is 1. The number of carbonyl (C=O) groups excluding carboxylic acids is 1. The van der Waals surface area contributed by atoms with Crippen molar-refractivity contribution in [3.8, 4) is 11.5 Å². The molecule has 1 N–H and O–H groups in total. The molecule has 0 unspecified atom stereocenters. The molecule has 6 heteroatoms. The van der Waals surface area contributed by atoms with Crippen LogP contribution >= 0.6 is 23.2 Å². The van der Waals surface area contributed by atoms with E-state index in [1.807, 2.05) is 0 Å². The Morgan fingerprint density at radius 1 is 1.09 bits per heavy atom. The van der Waals surface area contributed by atoms with Crippen molar-refractivity contribution >= 4 is 40.9 Å². The molecule has 120 valence electrons. The van der Waals surface area contributed by atoms with E-state index in [1.54, 1.807) is 49.6 Å². The molecule has 2 rings (SSSR count). The van der Waals surface area contributed by atoms with E-state index in [4.69, 9.17) is 32.7 Å². The lowest BCUT2D eigenvalue weighted by molar-refractivity contribution is -0.111. The van der Waals surface area contributed by atoms with Crippen molar-refractivity contribution in [1.82, 2.24) is 0 Å². The minimum absolute atomic E-state index is 0.340. The van der Waals surface area contributed by atoms with E-state index in [2.05, 4.69) is 5.32 Å². The molecule has 0 spiro atoms. The van der Waals surface area contributed by atoms with Crippen LogP contribution in [0.25, 0.3) is 6.08 Å². The zero-order valence-electron chi connectivity index (χ0n) is 12.6. The summed E-state index contributed by atoms with van der Waals surface area (Å²) in [7, 11) is 3.07. The van der Waals surface area contributed by atoms with Gasteiger partial charge in [-0.2, -0.15) is 0 Å². The number of hydrogen-bond donors (Lipinski definition) is 1. The summed E-state index contributed by atoms with van der Waals surface area (Å²) < 4.78 is 10.3. The van der Waals surface area contributed by atoms with Crippen LogP contribution in [0.2, 0.25) is 10.0 Å². The van der Waals surface area contributed by atoms with Crippen LogP contribution in [0.1, 0.15) is 5.56 Å². The molecule has 0 bridgehead atoms. The fourth-order valence-electron chi connectivity index (χ4n) is 1.92. The molecule has 23 heavy (non-hydrogen) atoms. The van der Waals surface area contributed by atoms with Crippen molar-refractivity contribution in [2.45, 2.75) is 0 Å². The second-order valence-corrected chi connectivity index (χ2v) is 5.34. The Labute approximate surface area is 144 Å². The second-order valence-electron chi connectivity index (χ2n) is 4.52. The Morgan fingerprint density at radius 3 is 2.39 bits per heavy atom. The van der Waals surface area contributed by atoms with Crippen molar-refractivity contribution in [2.75, 3.05) is 19.5 Å². The van der Waals surface area contributed by atoms with Gasteiger partial charge in [0.05, 0.1) is 19.9 Å². The summed E-state index contributed by atoms with van der Waals surface area (Å²) in [6.07, 6.45) is 2.92. The van der Waals surface area contributed by atoms with Gasteiger partial charge in [-0.1, -0.05) is 29.3 Å². The lowest BCUT2D eigenvalue weighted by atomic mass is 10.2. The number of halogens is 2. The summed E-state index contributed by atoms with van der Waals surface area (Å²) in [6.45, 7) is 0. The average Bonchev–Trinajstić information content (AvgIpc) is 2.54. The molecule has 2 aromatic rings. The van der Waals surface area contributed by atoms with Crippen LogP contribution in [0.15, 0.2) is 42.5 Å². The summed E-state index contributed by atoms with van der Waals surface area (Å²) in [4.78, 5) is 12.1. The SMILES string of the molecule is COc1ccc(OC)c(NC(=O)C=Cc2c(Cl)cccc2Cl)c1. The van der Waals surface area contributed by atoms with E-state index in [0.29, 0.717) is 32.8 Å². The van der Waals surface area contributed by atoms with Crippen LogP contribution < -0.4 is 14.8 Å². The number of methoxy groups -OCH3 is 2. The largest absolute Gasteiger partial charge is 0.497 e. The minimum atomic E-state index is -0.340. The van der Waals surface area contributed by atoms with Gasteiger partial charge in [0.1, 0.15) is 11.5 Å². The third kappa shape index (κ3) is 4.41. The molecular formula is C17H15Cl2NO3. The van der Waals surface area contributed by atoms with Crippen molar-refractivity contribution in [1.29, 1.82) is 0 Å². The molecular weight excluding hydrogens is 337 g/mol. The monoisotopic (exact) mass is 351 g/mol. The molecule has 1 amide bonds. The van der Waals surface area contributed by atoms with Gasteiger partial charge < -0.3 is 14.8 Å². The Bertz CT molecular complexity index is 724. The van der Waals surface area contributed by atoms with Gasteiger partial charge in [0, 0.05) is 27.8 Å². The highest BCUT2D eigenvalue weighted by atomic mass is 35.5. The zero-order valence-corrected chi connectivity index (χ0v) is 14.1. The van der Waals surface area contributed by atoms with E-state index in [0.717, 1.165) is 0 Å². The molecule has 0 aliphatic carbocycles. The van der Waals surface area contributed by atoms with Crippen LogP contribution in [0.3, 0.4) is 0 Å². The minimum Gasteiger partial charge on any atom is -0.497 e. The smallest absolute Gasteiger partial charge is 0.248 e. The molecule has 0 heterocycles.